The fourth-order valence-electron chi connectivity index (χ4n) is 1.35. The van der Waals surface area contributed by atoms with Crippen LogP contribution in [0.2, 0.25) is 0 Å². The molecule has 3 N–H and O–H groups in total. The Balaban J connectivity index is 1.99. The molecule has 0 spiro atoms. The van der Waals surface area contributed by atoms with Crippen molar-refractivity contribution in [1.82, 2.24) is 9.97 Å². The number of nitrogens with zero attached hydrogens (tertiary/aromatic N) is 2. The number of aryl methyl sites for hydroxylation is 1. The van der Waals surface area contributed by atoms with Crippen LogP contribution in [0.1, 0.15) is 17.3 Å². The fourth-order valence-corrected chi connectivity index (χ4v) is 1.35. The highest BCUT2D eigenvalue weighted by atomic mass is 16.3. The molecule has 2 aromatic rings. The Hall–Kier alpha value is -1.88. The van der Waals surface area contributed by atoms with Gasteiger partial charge in [-0.1, -0.05) is 0 Å². The zero-order chi connectivity index (χ0) is 11.4. The van der Waals surface area contributed by atoms with Crippen molar-refractivity contribution in [3.8, 4) is 0 Å². The smallest absolute Gasteiger partial charge is 0.144 e. The molecule has 16 heavy (non-hydrogen) atoms. The van der Waals surface area contributed by atoms with Crippen LogP contribution in [0.25, 0.3) is 0 Å². The van der Waals surface area contributed by atoms with Gasteiger partial charge in [0.25, 0.3) is 0 Å². The first-order chi connectivity index (χ1) is 7.78. The highest BCUT2D eigenvalue weighted by Crippen LogP contribution is 2.09. The van der Waals surface area contributed by atoms with Crippen molar-refractivity contribution in [2.45, 2.75) is 20.0 Å². The predicted octanol–water partition coefficient (Wildman–Crippen LogP) is 1.45. The molecule has 0 saturated carbocycles. The third kappa shape index (κ3) is 2.58. The molecule has 0 bridgehead atoms. The number of hydrogen-bond donors (Lipinski definition) is 2. The first-order valence-corrected chi connectivity index (χ1v) is 5.09. The van der Waals surface area contributed by atoms with Crippen molar-refractivity contribution < 1.29 is 4.42 Å². The maximum Gasteiger partial charge on any atom is 0.144 e. The van der Waals surface area contributed by atoms with Gasteiger partial charge in [0.1, 0.15) is 23.2 Å². The minimum Gasteiger partial charge on any atom is -0.465 e. The van der Waals surface area contributed by atoms with Crippen LogP contribution in [-0.4, -0.2) is 9.97 Å². The second kappa shape index (κ2) is 4.76. The van der Waals surface area contributed by atoms with Crippen LogP contribution in [0.5, 0.6) is 0 Å². The van der Waals surface area contributed by atoms with E-state index in [1.807, 2.05) is 19.1 Å². The van der Waals surface area contributed by atoms with E-state index in [9.17, 15) is 0 Å². The quantitative estimate of drug-likeness (QED) is 0.812. The van der Waals surface area contributed by atoms with Crippen LogP contribution in [0.15, 0.2) is 28.8 Å². The molecule has 0 amide bonds. The average molecular weight is 218 g/mol. The predicted molar refractivity (Wildman–Crippen MR) is 60.7 cm³/mol. The van der Waals surface area contributed by atoms with Crippen molar-refractivity contribution in [2.75, 3.05) is 5.32 Å². The standard InChI is InChI=1S/C11H14N4O/c1-8-2-3-9(16-8)7-14-10-4-5-13-11(6-12)15-10/h2-5H,6-7,12H2,1H3,(H,13,14,15). The molecule has 0 aliphatic heterocycles. The summed E-state index contributed by atoms with van der Waals surface area (Å²) in [4.78, 5) is 8.24. The van der Waals surface area contributed by atoms with E-state index >= 15 is 0 Å². The lowest BCUT2D eigenvalue weighted by atomic mass is 10.4. The summed E-state index contributed by atoms with van der Waals surface area (Å²) in [6.07, 6.45) is 1.69. The monoisotopic (exact) mass is 218 g/mol. The minimum atomic E-state index is 0.343. The van der Waals surface area contributed by atoms with Gasteiger partial charge in [0, 0.05) is 6.20 Å². The van der Waals surface area contributed by atoms with Crippen molar-refractivity contribution in [2.24, 2.45) is 5.73 Å². The van der Waals surface area contributed by atoms with Gasteiger partial charge in [0.05, 0.1) is 13.1 Å². The molecule has 0 saturated heterocycles. The number of nitrogens with one attached hydrogen (secondary N) is 1. The normalized spacial score (nSPS) is 10.4. The van der Waals surface area contributed by atoms with Gasteiger partial charge in [0.2, 0.25) is 0 Å². The number of nitrogens with two attached hydrogens (primary N) is 1. The molecule has 0 radical (unpaired) electrons. The summed E-state index contributed by atoms with van der Waals surface area (Å²) in [5, 5.41) is 3.15. The van der Waals surface area contributed by atoms with E-state index in [2.05, 4.69) is 15.3 Å². The number of rotatable bonds is 4. The van der Waals surface area contributed by atoms with E-state index in [-0.39, 0.29) is 0 Å². The molecule has 0 atom stereocenters. The number of aromatic nitrogens is 2. The second-order valence-corrected chi connectivity index (χ2v) is 3.43. The molecule has 84 valence electrons. The first kappa shape index (κ1) is 10.6. The summed E-state index contributed by atoms with van der Waals surface area (Å²) >= 11 is 0. The van der Waals surface area contributed by atoms with Crippen molar-refractivity contribution in [3.05, 3.63) is 41.7 Å². The Morgan fingerprint density at radius 2 is 2.25 bits per heavy atom. The highest BCUT2D eigenvalue weighted by Gasteiger charge is 2.00. The van der Waals surface area contributed by atoms with Crippen LogP contribution in [-0.2, 0) is 13.1 Å². The van der Waals surface area contributed by atoms with Crippen LogP contribution in [0, 0.1) is 6.92 Å². The Bertz CT molecular complexity index is 467. The van der Waals surface area contributed by atoms with Gasteiger partial charge in [-0.15, -0.1) is 0 Å². The van der Waals surface area contributed by atoms with Crippen LogP contribution < -0.4 is 11.1 Å². The van der Waals surface area contributed by atoms with E-state index in [0.717, 1.165) is 17.3 Å². The molecule has 2 heterocycles. The Labute approximate surface area is 93.7 Å². The van der Waals surface area contributed by atoms with E-state index < -0.39 is 0 Å². The van der Waals surface area contributed by atoms with Gasteiger partial charge in [-0.2, -0.15) is 0 Å². The van der Waals surface area contributed by atoms with Crippen molar-refractivity contribution >= 4 is 5.82 Å². The SMILES string of the molecule is Cc1ccc(CNc2ccnc(CN)n2)o1. The summed E-state index contributed by atoms with van der Waals surface area (Å²) in [5.74, 6) is 3.16. The first-order valence-electron chi connectivity index (χ1n) is 5.09. The molecule has 5 heteroatoms. The number of hydrogen-bond acceptors (Lipinski definition) is 5. The molecule has 2 rings (SSSR count). The molecule has 0 aliphatic rings. The molecule has 0 aliphatic carbocycles. The fraction of sp³-hybridized carbons (Fsp3) is 0.273. The summed E-state index contributed by atoms with van der Waals surface area (Å²) in [5.41, 5.74) is 5.46. The summed E-state index contributed by atoms with van der Waals surface area (Å²) in [6, 6.07) is 5.67. The van der Waals surface area contributed by atoms with Gasteiger partial charge in [-0.05, 0) is 25.1 Å². The Kier molecular flexibility index (Phi) is 3.16. The van der Waals surface area contributed by atoms with Crippen LogP contribution in [0.3, 0.4) is 0 Å². The topological polar surface area (TPSA) is 77.0 Å². The van der Waals surface area contributed by atoms with E-state index in [0.29, 0.717) is 18.9 Å². The molecular formula is C11H14N4O. The van der Waals surface area contributed by atoms with E-state index in [1.54, 1.807) is 12.3 Å². The van der Waals surface area contributed by atoms with Gasteiger partial charge in [-0.3, -0.25) is 0 Å². The third-order valence-electron chi connectivity index (χ3n) is 2.13. The molecule has 2 aromatic heterocycles. The summed E-state index contributed by atoms with van der Waals surface area (Å²) in [6.45, 7) is 2.87. The molecule has 0 aromatic carbocycles. The number of furan rings is 1. The summed E-state index contributed by atoms with van der Waals surface area (Å²) in [7, 11) is 0. The van der Waals surface area contributed by atoms with Crippen LogP contribution >= 0.6 is 0 Å². The van der Waals surface area contributed by atoms with Gasteiger partial charge < -0.3 is 15.5 Å². The van der Waals surface area contributed by atoms with Gasteiger partial charge >= 0.3 is 0 Å². The van der Waals surface area contributed by atoms with Crippen LogP contribution in [0.4, 0.5) is 5.82 Å². The van der Waals surface area contributed by atoms with Gasteiger partial charge in [-0.25, -0.2) is 9.97 Å². The maximum absolute atomic E-state index is 5.46. The summed E-state index contributed by atoms with van der Waals surface area (Å²) < 4.78 is 5.43. The molecule has 0 unspecified atom stereocenters. The lowest BCUT2D eigenvalue weighted by molar-refractivity contribution is 0.490. The average Bonchev–Trinajstić information content (AvgIpc) is 2.73. The van der Waals surface area contributed by atoms with Crippen molar-refractivity contribution in [3.63, 3.8) is 0 Å². The van der Waals surface area contributed by atoms with Gasteiger partial charge in [0.15, 0.2) is 0 Å². The third-order valence-corrected chi connectivity index (χ3v) is 2.13. The Morgan fingerprint density at radius 1 is 1.38 bits per heavy atom. The zero-order valence-corrected chi connectivity index (χ0v) is 9.10. The minimum absolute atomic E-state index is 0.343. The lowest BCUT2D eigenvalue weighted by Crippen LogP contribution is -2.06. The maximum atomic E-state index is 5.46. The lowest BCUT2D eigenvalue weighted by Gasteiger charge is -2.04. The van der Waals surface area contributed by atoms with E-state index in [1.165, 1.54) is 0 Å². The Morgan fingerprint density at radius 3 is 2.94 bits per heavy atom. The molecular weight excluding hydrogens is 204 g/mol. The zero-order valence-electron chi connectivity index (χ0n) is 9.10. The molecule has 5 nitrogen and oxygen atoms in total. The van der Waals surface area contributed by atoms with Crippen molar-refractivity contribution in [1.29, 1.82) is 0 Å². The highest BCUT2D eigenvalue weighted by molar-refractivity contribution is 5.33. The van der Waals surface area contributed by atoms with E-state index in [4.69, 9.17) is 10.2 Å². The molecule has 0 fully saturated rings. The largest absolute Gasteiger partial charge is 0.465 e. The number of anilines is 1. The second-order valence-electron chi connectivity index (χ2n) is 3.43.